The minimum Gasteiger partial charge on any atom is -0.494 e. The van der Waals surface area contributed by atoms with E-state index in [-0.39, 0.29) is 0 Å². The van der Waals surface area contributed by atoms with Crippen LogP contribution in [0.1, 0.15) is 18.2 Å². The predicted molar refractivity (Wildman–Crippen MR) is 97.1 cm³/mol. The molecule has 0 aliphatic heterocycles. The molecule has 0 saturated heterocycles. The highest BCUT2D eigenvalue weighted by Crippen LogP contribution is 2.31. The average molecular weight is 327 g/mol. The second-order valence-electron chi connectivity index (χ2n) is 5.51. The lowest BCUT2D eigenvalue weighted by molar-refractivity contribution is 0.340. The summed E-state index contributed by atoms with van der Waals surface area (Å²) in [4.78, 5) is 4.60. The molecule has 0 spiro atoms. The Morgan fingerprint density at radius 1 is 1.04 bits per heavy atom. The lowest BCUT2D eigenvalue weighted by Gasteiger charge is -2.14. The fourth-order valence-corrected chi connectivity index (χ4v) is 2.84. The molecule has 0 aliphatic carbocycles. The van der Waals surface area contributed by atoms with Crippen LogP contribution in [0.2, 0.25) is 5.02 Å². The van der Waals surface area contributed by atoms with Crippen LogP contribution in [0, 0.1) is 13.8 Å². The lowest BCUT2D eigenvalue weighted by atomic mass is 10.1. The van der Waals surface area contributed by atoms with Crippen LogP contribution in [-0.2, 0) is 0 Å². The normalized spacial score (nSPS) is 10.8. The smallest absolute Gasteiger partial charge is 0.120 e. The van der Waals surface area contributed by atoms with E-state index in [0.29, 0.717) is 6.61 Å². The van der Waals surface area contributed by atoms with Gasteiger partial charge in [0.05, 0.1) is 12.1 Å². The Hall–Kier alpha value is -2.26. The second-order valence-corrected chi connectivity index (χ2v) is 5.94. The van der Waals surface area contributed by atoms with Crippen LogP contribution >= 0.6 is 11.6 Å². The second kappa shape index (κ2) is 6.47. The Bertz CT molecular complexity index is 861. The summed E-state index contributed by atoms with van der Waals surface area (Å²) < 4.78 is 5.62. The van der Waals surface area contributed by atoms with Crippen molar-refractivity contribution in [2.75, 3.05) is 11.9 Å². The molecular weight excluding hydrogens is 308 g/mol. The standard InChI is InChI=1S/C19H19ClN2O/c1-4-23-15-6-8-18-16(11-15)19(10-13(3)21-18)22-17-7-5-14(20)9-12(17)2/h5-11H,4H2,1-3H3,(H,21,22). The molecule has 2 aromatic carbocycles. The first-order valence-electron chi connectivity index (χ1n) is 7.64. The highest BCUT2D eigenvalue weighted by atomic mass is 35.5. The number of ether oxygens (including phenoxy) is 1. The Labute approximate surface area is 141 Å². The third-order valence-corrected chi connectivity index (χ3v) is 3.91. The number of anilines is 2. The van der Waals surface area contributed by atoms with E-state index in [2.05, 4.69) is 10.3 Å². The highest BCUT2D eigenvalue weighted by molar-refractivity contribution is 6.30. The minimum atomic E-state index is 0.643. The number of nitrogens with zero attached hydrogens (tertiary/aromatic N) is 1. The maximum Gasteiger partial charge on any atom is 0.120 e. The van der Waals surface area contributed by atoms with Crippen molar-refractivity contribution in [1.82, 2.24) is 4.98 Å². The molecule has 1 N–H and O–H groups in total. The molecule has 3 nitrogen and oxygen atoms in total. The van der Waals surface area contributed by atoms with E-state index in [4.69, 9.17) is 16.3 Å². The number of benzene rings is 2. The summed E-state index contributed by atoms with van der Waals surface area (Å²) in [6.45, 7) is 6.66. The molecule has 0 radical (unpaired) electrons. The first-order chi connectivity index (χ1) is 11.1. The third-order valence-electron chi connectivity index (χ3n) is 3.68. The number of pyridine rings is 1. The van der Waals surface area contributed by atoms with E-state index >= 15 is 0 Å². The minimum absolute atomic E-state index is 0.643. The van der Waals surface area contributed by atoms with Crippen molar-refractivity contribution in [2.45, 2.75) is 20.8 Å². The van der Waals surface area contributed by atoms with Gasteiger partial charge in [0.25, 0.3) is 0 Å². The molecule has 0 atom stereocenters. The molecular formula is C19H19ClN2O. The molecule has 0 saturated carbocycles. The van der Waals surface area contributed by atoms with Crippen LogP contribution in [0.15, 0.2) is 42.5 Å². The van der Waals surface area contributed by atoms with Crippen molar-refractivity contribution >= 4 is 33.9 Å². The Kier molecular flexibility index (Phi) is 4.39. The van der Waals surface area contributed by atoms with Gasteiger partial charge in [0, 0.05) is 27.5 Å². The molecule has 0 unspecified atom stereocenters. The van der Waals surface area contributed by atoms with Crippen molar-refractivity contribution < 1.29 is 4.74 Å². The van der Waals surface area contributed by atoms with Gasteiger partial charge in [0.15, 0.2) is 0 Å². The van der Waals surface area contributed by atoms with Crippen LogP contribution in [0.5, 0.6) is 5.75 Å². The lowest BCUT2D eigenvalue weighted by Crippen LogP contribution is -1.97. The van der Waals surface area contributed by atoms with Gasteiger partial charge in [-0.25, -0.2) is 0 Å². The van der Waals surface area contributed by atoms with Crippen molar-refractivity contribution in [3.8, 4) is 5.75 Å². The van der Waals surface area contributed by atoms with Gasteiger partial charge in [-0.2, -0.15) is 0 Å². The topological polar surface area (TPSA) is 34.1 Å². The van der Waals surface area contributed by atoms with Crippen molar-refractivity contribution in [3.63, 3.8) is 0 Å². The summed E-state index contributed by atoms with van der Waals surface area (Å²) in [7, 11) is 0. The fraction of sp³-hybridized carbons (Fsp3) is 0.211. The summed E-state index contributed by atoms with van der Waals surface area (Å²) >= 11 is 6.04. The summed E-state index contributed by atoms with van der Waals surface area (Å²) in [6.07, 6.45) is 0. The van der Waals surface area contributed by atoms with Crippen LogP contribution in [0.25, 0.3) is 10.9 Å². The molecule has 0 bridgehead atoms. The summed E-state index contributed by atoms with van der Waals surface area (Å²) in [6, 6.07) is 13.9. The monoisotopic (exact) mass is 326 g/mol. The van der Waals surface area contributed by atoms with E-state index in [0.717, 1.165) is 44.3 Å². The number of hydrogen-bond donors (Lipinski definition) is 1. The Morgan fingerprint density at radius 2 is 1.87 bits per heavy atom. The number of nitrogens with one attached hydrogen (secondary N) is 1. The zero-order valence-corrected chi connectivity index (χ0v) is 14.2. The zero-order chi connectivity index (χ0) is 16.4. The van der Waals surface area contributed by atoms with Gasteiger partial charge in [-0.3, -0.25) is 4.98 Å². The third kappa shape index (κ3) is 3.40. The fourth-order valence-electron chi connectivity index (χ4n) is 2.61. The first-order valence-corrected chi connectivity index (χ1v) is 8.02. The Morgan fingerprint density at radius 3 is 2.61 bits per heavy atom. The van der Waals surface area contributed by atoms with Gasteiger partial charge >= 0.3 is 0 Å². The largest absolute Gasteiger partial charge is 0.494 e. The van der Waals surface area contributed by atoms with Crippen LogP contribution < -0.4 is 10.1 Å². The molecule has 0 amide bonds. The SMILES string of the molecule is CCOc1ccc2nc(C)cc(Nc3ccc(Cl)cc3C)c2c1. The Balaban J connectivity index is 2.09. The van der Waals surface area contributed by atoms with E-state index < -0.39 is 0 Å². The molecule has 1 heterocycles. The highest BCUT2D eigenvalue weighted by Gasteiger charge is 2.08. The molecule has 3 aromatic rings. The number of fused-ring (bicyclic) bond motifs is 1. The molecule has 3 rings (SSSR count). The zero-order valence-electron chi connectivity index (χ0n) is 13.5. The molecule has 1 aromatic heterocycles. The van der Waals surface area contributed by atoms with E-state index in [9.17, 15) is 0 Å². The quantitative estimate of drug-likeness (QED) is 0.673. The molecule has 0 aliphatic rings. The van der Waals surface area contributed by atoms with Gasteiger partial charge < -0.3 is 10.1 Å². The van der Waals surface area contributed by atoms with Crippen LogP contribution in [0.3, 0.4) is 0 Å². The maximum atomic E-state index is 6.04. The summed E-state index contributed by atoms with van der Waals surface area (Å²) in [5.41, 5.74) is 5.06. The van der Waals surface area contributed by atoms with E-state index in [1.54, 1.807) is 0 Å². The van der Waals surface area contributed by atoms with Gasteiger partial charge in [0.1, 0.15) is 5.75 Å². The van der Waals surface area contributed by atoms with Crippen molar-refractivity contribution in [2.24, 2.45) is 0 Å². The number of rotatable bonds is 4. The van der Waals surface area contributed by atoms with Gasteiger partial charge in [-0.1, -0.05) is 11.6 Å². The van der Waals surface area contributed by atoms with Gasteiger partial charge in [0.2, 0.25) is 0 Å². The van der Waals surface area contributed by atoms with Gasteiger partial charge in [-0.15, -0.1) is 0 Å². The van der Waals surface area contributed by atoms with Crippen molar-refractivity contribution in [3.05, 3.63) is 58.7 Å². The summed E-state index contributed by atoms with van der Waals surface area (Å²) in [5.74, 6) is 0.849. The molecule has 0 fully saturated rings. The maximum absolute atomic E-state index is 6.04. The number of halogens is 1. The van der Waals surface area contributed by atoms with Crippen LogP contribution in [0.4, 0.5) is 11.4 Å². The summed E-state index contributed by atoms with van der Waals surface area (Å²) in [5, 5.41) is 5.27. The van der Waals surface area contributed by atoms with Crippen molar-refractivity contribution in [1.29, 1.82) is 0 Å². The molecule has 23 heavy (non-hydrogen) atoms. The first kappa shape index (κ1) is 15.6. The number of aryl methyl sites for hydroxylation is 2. The van der Waals surface area contributed by atoms with Crippen LogP contribution in [-0.4, -0.2) is 11.6 Å². The molecule has 118 valence electrons. The van der Waals surface area contributed by atoms with E-state index in [1.807, 2.05) is 63.2 Å². The average Bonchev–Trinajstić information content (AvgIpc) is 2.51. The predicted octanol–water partition coefficient (Wildman–Crippen LogP) is 5.65. The van der Waals surface area contributed by atoms with Gasteiger partial charge in [-0.05, 0) is 68.8 Å². The van der Waals surface area contributed by atoms with E-state index in [1.165, 1.54) is 0 Å². The molecule has 4 heteroatoms. The number of aromatic nitrogens is 1. The number of hydrogen-bond acceptors (Lipinski definition) is 3.